The summed E-state index contributed by atoms with van der Waals surface area (Å²) in [5.74, 6) is -2.56. The Bertz CT molecular complexity index is 1660. The molecule has 1 aliphatic rings. The molecule has 1 heterocycles. The van der Waals surface area contributed by atoms with Gasteiger partial charge in [-0.25, -0.2) is 9.69 Å². The number of amides is 4. The number of halogens is 3. The minimum atomic E-state index is -1.01. The molecule has 0 radical (unpaired) electrons. The lowest BCUT2D eigenvalue weighted by Gasteiger charge is -2.26. The van der Waals surface area contributed by atoms with Gasteiger partial charge in [0, 0.05) is 6.07 Å². The van der Waals surface area contributed by atoms with Crippen LogP contribution >= 0.6 is 34.8 Å². The Morgan fingerprint density at radius 3 is 2.23 bits per heavy atom. The largest absolute Gasteiger partial charge is 0.493 e. The first-order valence-corrected chi connectivity index (χ1v) is 11.9. The second-order valence-corrected chi connectivity index (χ2v) is 9.08. The number of imide groups is 2. The van der Waals surface area contributed by atoms with E-state index in [1.165, 1.54) is 37.4 Å². The van der Waals surface area contributed by atoms with E-state index in [0.717, 1.165) is 24.3 Å². The summed E-state index contributed by atoms with van der Waals surface area (Å²) in [6.07, 6.45) is 1.14. The van der Waals surface area contributed by atoms with Crippen LogP contribution in [0.1, 0.15) is 5.56 Å². The average Bonchev–Trinajstić information content (AvgIpc) is 2.89. The zero-order chi connectivity index (χ0) is 29.3. The van der Waals surface area contributed by atoms with E-state index in [1.807, 2.05) is 0 Å². The topological polar surface area (TPSA) is 171 Å². The average molecular weight is 608 g/mol. The van der Waals surface area contributed by atoms with Gasteiger partial charge in [0.2, 0.25) is 5.75 Å². The maximum absolute atomic E-state index is 13.2. The van der Waals surface area contributed by atoms with Gasteiger partial charge >= 0.3 is 11.7 Å². The standard InChI is InChI=1S/C24H13Cl3N4O9/c1-39-20-8-11(7-17(27)21(20)40-19-5-3-13(30(35)36)10-18(19)31(37)38)6-14-22(32)28-24(34)29(23(14)33)12-2-4-15(25)16(26)9-12/h2-10H,1H3,(H,28,32,34)/b14-6+. The first-order chi connectivity index (χ1) is 18.9. The third-order valence-corrected chi connectivity index (χ3v) is 6.41. The molecule has 4 rings (SSSR count). The van der Waals surface area contributed by atoms with Crippen LogP contribution in [0.15, 0.2) is 54.1 Å². The lowest BCUT2D eigenvalue weighted by atomic mass is 10.1. The number of nitro benzene ring substituents is 2. The molecular formula is C24H13Cl3N4O9. The quantitative estimate of drug-likeness (QED) is 0.148. The van der Waals surface area contributed by atoms with Crippen LogP contribution < -0.4 is 19.7 Å². The third kappa shape index (κ3) is 5.52. The van der Waals surface area contributed by atoms with Crippen molar-refractivity contribution in [2.45, 2.75) is 0 Å². The van der Waals surface area contributed by atoms with Crippen LogP contribution in [0, 0.1) is 20.2 Å². The summed E-state index contributed by atoms with van der Waals surface area (Å²) >= 11 is 18.3. The number of nitrogens with one attached hydrogen (secondary N) is 1. The van der Waals surface area contributed by atoms with Crippen molar-refractivity contribution in [3.63, 3.8) is 0 Å². The molecule has 0 atom stereocenters. The van der Waals surface area contributed by atoms with Crippen molar-refractivity contribution in [3.8, 4) is 17.2 Å². The molecule has 16 heteroatoms. The van der Waals surface area contributed by atoms with Crippen LogP contribution in [0.2, 0.25) is 15.1 Å². The lowest BCUT2D eigenvalue weighted by Crippen LogP contribution is -2.54. The molecule has 1 aliphatic heterocycles. The minimum absolute atomic E-state index is 0.0550. The number of hydrogen-bond donors (Lipinski definition) is 1. The van der Waals surface area contributed by atoms with Gasteiger partial charge in [-0.1, -0.05) is 34.8 Å². The number of ether oxygens (including phenoxy) is 2. The monoisotopic (exact) mass is 606 g/mol. The van der Waals surface area contributed by atoms with Gasteiger partial charge in [0.05, 0.1) is 43.8 Å². The van der Waals surface area contributed by atoms with Gasteiger partial charge in [0.1, 0.15) is 5.57 Å². The molecule has 4 amide bonds. The van der Waals surface area contributed by atoms with E-state index in [-0.39, 0.29) is 43.6 Å². The number of hydrogen-bond acceptors (Lipinski definition) is 9. The number of methoxy groups -OCH3 is 1. The Morgan fingerprint density at radius 1 is 0.875 bits per heavy atom. The number of barbiturate groups is 1. The van der Waals surface area contributed by atoms with Crippen molar-refractivity contribution in [3.05, 3.63) is 95.0 Å². The lowest BCUT2D eigenvalue weighted by molar-refractivity contribution is -0.394. The molecule has 0 spiro atoms. The van der Waals surface area contributed by atoms with E-state index in [0.29, 0.717) is 4.90 Å². The Balaban J connectivity index is 1.72. The van der Waals surface area contributed by atoms with Crippen molar-refractivity contribution >= 4 is 75.8 Å². The number of nitro groups is 2. The summed E-state index contributed by atoms with van der Waals surface area (Å²) in [6, 6.07) is 8.35. The maximum atomic E-state index is 13.2. The van der Waals surface area contributed by atoms with Crippen LogP contribution in [0.4, 0.5) is 21.9 Å². The van der Waals surface area contributed by atoms with Crippen molar-refractivity contribution in [1.82, 2.24) is 5.32 Å². The molecule has 3 aromatic carbocycles. The Morgan fingerprint density at radius 2 is 1.60 bits per heavy atom. The number of urea groups is 1. The molecule has 0 saturated carbocycles. The van der Waals surface area contributed by atoms with E-state index >= 15 is 0 Å². The fraction of sp³-hybridized carbons (Fsp3) is 0.0417. The molecule has 3 aromatic rings. The van der Waals surface area contributed by atoms with Gasteiger partial charge in [-0.15, -0.1) is 0 Å². The van der Waals surface area contributed by atoms with Crippen molar-refractivity contribution < 1.29 is 33.7 Å². The number of carbonyl (C=O) groups is 3. The van der Waals surface area contributed by atoms with Crippen molar-refractivity contribution in [1.29, 1.82) is 0 Å². The molecular weight excluding hydrogens is 595 g/mol. The van der Waals surface area contributed by atoms with Gasteiger partial charge in [0.25, 0.3) is 17.5 Å². The maximum Gasteiger partial charge on any atom is 0.335 e. The summed E-state index contributed by atoms with van der Waals surface area (Å²) in [5.41, 5.74) is -1.45. The molecule has 0 aromatic heterocycles. The predicted octanol–water partition coefficient (Wildman–Crippen LogP) is 5.93. The zero-order valence-electron chi connectivity index (χ0n) is 19.8. The van der Waals surface area contributed by atoms with E-state index in [1.54, 1.807) is 0 Å². The summed E-state index contributed by atoms with van der Waals surface area (Å²) in [5, 5.41) is 24.6. The third-order valence-electron chi connectivity index (χ3n) is 5.39. The summed E-state index contributed by atoms with van der Waals surface area (Å²) in [7, 11) is 1.24. The van der Waals surface area contributed by atoms with Crippen LogP contribution in [-0.4, -0.2) is 34.8 Å². The SMILES string of the molecule is COc1cc(/C=C2\C(=O)NC(=O)N(c3ccc(Cl)c(Cl)c3)C2=O)cc(Cl)c1Oc1ccc([N+](=O)[O-])cc1[N+](=O)[O-]. The van der Waals surface area contributed by atoms with Crippen LogP contribution in [0.25, 0.3) is 6.08 Å². The molecule has 0 bridgehead atoms. The first kappa shape index (κ1) is 28.3. The molecule has 1 N–H and O–H groups in total. The minimum Gasteiger partial charge on any atom is -0.493 e. The normalized spacial score (nSPS) is 14.2. The number of carbonyl (C=O) groups excluding carboxylic acids is 3. The van der Waals surface area contributed by atoms with E-state index in [4.69, 9.17) is 44.3 Å². The highest BCUT2D eigenvalue weighted by atomic mass is 35.5. The number of nitrogens with zero attached hydrogens (tertiary/aromatic N) is 3. The van der Waals surface area contributed by atoms with Gasteiger partial charge in [0.15, 0.2) is 11.5 Å². The number of anilines is 1. The fourth-order valence-corrected chi connectivity index (χ4v) is 4.11. The van der Waals surface area contributed by atoms with Crippen molar-refractivity contribution in [2.24, 2.45) is 0 Å². The number of benzene rings is 3. The molecule has 13 nitrogen and oxygen atoms in total. The van der Waals surface area contributed by atoms with E-state index in [9.17, 15) is 34.6 Å². The summed E-state index contributed by atoms with van der Waals surface area (Å²) in [4.78, 5) is 59.7. The Hall–Kier alpha value is -4.72. The van der Waals surface area contributed by atoms with Gasteiger partial charge in [-0.05, 0) is 48.0 Å². The van der Waals surface area contributed by atoms with Gasteiger partial charge in [-0.2, -0.15) is 0 Å². The molecule has 204 valence electrons. The Labute approximate surface area is 238 Å². The highest BCUT2D eigenvalue weighted by Crippen LogP contribution is 2.43. The van der Waals surface area contributed by atoms with Gasteiger partial charge in [-0.3, -0.25) is 35.1 Å². The number of non-ortho nitro benzene ring substituents is 1. The zero-order valence-corrected chi connectivity index (χ0v) is 22.1. The Kier molecular flexibility index (Phi) is 7.91. The number of rotatable bonds is 7. The van der Waals surface area contributed by atoms with Gasteiger partial charge < -0.3 is 9.47 Å². The van der Waals surface area contributed by atoms with E-state index in [2.05, 4.69) is 5.32 Å². The summed E-state index contributed by atoms with van der Waals surface area (Å²) < 4.78 is 10.9. The predicted molar refractivity (Wildman–Crippen MR) is 143 cm³/mol. The second kappa shape index (κ2) is 11.2. The van der Waals surface area contributed by atoms with Crippen LogP contribution in [0.5, 0.6) is 17.2 Å². The first-order valence-electron chi connectivity index (χ1n) is 10.8. The second-order valence-electron chi connectivity index (χ2n) is 7.86. The fourth-order valence-electron chi connectivity index (χ4n) is 3.56. The molecule has 40 heavy (non-hydrogen) atoms. The molecule has 0 unspecified atom stereocenters. The van der Waals surface area contributed by atoms with Crippen LogP contribution in [-0.2, 0) is 9.59 Å². The molecule has 1 fully saturated rings. The molecule has 0 aliphatic carbocycles. The highest BCUT2D eigenvalue weighted by Gasteiger charge is 2.37. The molecule has 1 saturated heterocycles. The summed E-state index contributed by atoms with van der Waals surface area (Å²) in [6.45, 7) is 0. The smallest absolute Gasteiger partial charge is 0.335 e. The van der Waals surface area contributed by atoms with Crippen molar-refractivity contribution in [2.75, 3.05) is 12.0 Å². The van der Waals surface area contributed by atoms with Crippen LogP contribution in [0.3, 0.4) is 0 Å². The highest BCUT2D eigenvalue weighted by molar-refractivity contribution is 6.43. The van der Waals surface area contributed by atoms with E-state index < -0.39 is 44.6 Å².